The van der Waals surface area contributed by atoms with Crippen molar-refractivity contribution in [1.29, 1.82) is 0 Å². The topological polar surface area (TPSA) is 45.2 Å². The predicted molar refractivity (Wildman–Crippen MR) is 104 cm³/mol. The predicted octanol–water partition coefficient (Wildman–Crippen LogP) is 4.29. The molecule has 0 aliphatic carbocycles. The van der Waals surface area contributed by atoms with E-state index >= 15 is 0 Å². The van der Waals surface area contributed by atoms with Gasteiger partial charge in [-0.15, -0.1) is 0 Å². The van der Waals surface area contributed by atoms with Gasteiger partial charge < -0.3 is 19.3 Å². The van der Waals surface area contributed by atoms with Gasteiger partial charge in [0, 0.05) is 51.5 Å². The molecule has 0 atom stereocenters. The number of carbonyl (C=O) groups is 1. The molecule has 3 rings (SSSR count). The van der Waals surface area contributed by atoms with Crippen LogP contribution in [0.5, 0.6) is 0 Å². The Hall–Kier alpha value is -2.42. The van der Waals surface area contributed by atoms with Crippen molar-refractivity contribution < 1.29 is 53.8 Å². The second-order valence-electron chi connectivity index (χ2n) is 8.05. The van der Waals surface area contributed by atoms with Gasteiger partial charge in [0.15, 0.2) is 0 Å². The fourth-order valence-electron chi connectivity index (χ4n) is 3.80. The average molecular weight is 523 g/mol. The summed E-state index contributed by atoms with van der Waals surface area (Å²) in [5.41, 5.74) is 0.104. The van der Waals surface area contributed by atoms with Crippen molar-refractivity contribution in [1.82, 2.24) is 9.80 Å². The Labute approximate surface area is 194 Å². The molecule has 0 radical (unpaired) electrons. The third kappa shape index (κ3) is 7.06. The largest absolute Gasteiger partial charge is 0.434 e. The maximum Gasteiger partial charge on any atom is 0.434 e. The standard InChI is InChI=1S/C20H22F9N3O3/c21-18(22,23)14-2-1-13(15(11-14)31-7-9-34-10-8-31)12-30-3-5-32(6-4-30)17(33)35-16(19(24,25)26)20(27,28)29/h1-2,11,16H,3-10,12H2. The lowest BCUT2D eigenvalue weighted by molar-refractivity contribution is -0.308. The van der Waals surface area contributed by atoms with Gasteiger partial charge in [-0.1, -0.05) is 6.07 Å². The highest BCUT2D eigenvalue weighted by molar-refractivity contribution is 5.68. The number of halogens is 9. The zero-order valence-corrected chi connectivity index (χ0v) is 18.1. The van der Waals surface area contributed by atoms with Crippen LogP contribution < -0.4 is 4.90 Å². The molecule has 198 valence electrons. The number of benzene rings is 1. The molecular formula is C20H22F9N3O3. The first-order chi connectivity index (χ1) is 16.2. The van der Waals surface area contributed by atoms with Gasteiger partial charge in [-0.25, -0.2) is 4.79 Å². The van der Waals surface area contributed by atoms with E-state index < -0.39 is 36.3 Å². The van der Waals surface area contributed by atoms with Gasteiger partial charge >= 0.3 is 24.6 Å². The van der Waals surface area contributed by atoms with Gasteiger partial charge in [-0.05, 0) is 17.7 Å². The lowest BCUT2D eigenvalue weighted by Crippen LogP contribution is -2.52. The lowest BCUT2D eigenvalue weighted by atomic mass is 10.1. The van der Waals surface area contributed by atoms with Crippen LogP contribution >= 0.6 is 0 Å². The Balaban J connectivity index is 1.66. The fourth-order valence-corrected chi connectivity index (χ4v) is 3.80. The smallest absolute Gasteiger partial charge is 0.426 e. The molecule has 0 unspecified atom stereocenters. The molecule has 0 spiro atoms. The van der Waals surface area contributed by atoms with Crippen molar-refractivity contribution in [2.75, 3.05) is 57.4 Å². The number of hydrogen-bond acceptors (Lipinski definition) is 5. The number of piperazine rings is 1. The summed E-state index contributed by atoms with van der Waals surface area (Å²) in [4.78, 5) is 16.1. The van der Waals surface area contributed by atoms with Crippen LogP contribution in [-0.4, -0.2) is 86.8 Å². The molecule has 35 heavy (non-hydrogen) atoms. The van der Waals surface area contributed by atoms with Gasteiger partial charge in [-0.3, -0.25) is 4.90 Å². The second kappa shape index (κ2) is 10.3. The van der Waals surface area contributed by atoms with Gasteiger partial charge in [0.2, 0.25) is 0 Å². The summed E-state index contributed by atoms with van der Waals surface area (Å²) in [6.07, 6.45) is -22.1. The minimum atomic E-state index is -5.81. The Kier molecular flexibility index (Phi) is 7.99. The molecule has 2 aliphatic heterocycles. The first-order valence-electron chi connectivity index (χ1n) is 10.5. The zero-order valence-electron chi connectivity index (χ0n) is 18.1. The third-order valence-electron chi connectivity index (χ3n) is 5.60. The Morgan fingerprint density at radius 2 is 1.46 bits per heavy atom. The van der Waals surface area contributed by atoms with E-state index in [1.165, 1.54) is 6.07 Å². The van der Waals surface area contributed by atoms with Crippen molar-refractivity contribution in [3.8, 4) is 0 Å². The van der Waals surface area contributed by atoms with Crippen molar-refractivity contribution >= 4 is 11.8 Å². The first-order valence-corrected chi connectivity index (χ1v) is 10.5. The van der Waals surface area contributed by atoms with Crippen LogP contribution in [0.4, 0.5) is 50.0 Å². The normalized spacial score (nSPS) is 18.8. The number of morpholine rings is 1. The summed E-state index contributed by atoms with van der Waals surface area (Å²) in [5, 5.41) is 0. The van der Waals surface area contributed by atoms with Crippen molar-refractivity contribution in [3.63, 3.8) is 0 Å². The van der Waals surface area contributed by atoms with Gasteiger partial charge in [0.25, 0.3) is 6.10 Å². The minimum absolute atomic E-state index is 0.0708. The number of nitrogens with zero attached hydrogens (tertiary/aromatic N) is 3. The second-order valence-corrected chi connectivity index (χ2v) is 8.05. The maximum atomic E-state index is 13.2. The van der Waals surface area contributed by atoms with Crippen LogP contribution in [-0.2, 0) is 22.2 Å². The van der Waals surface area contributed by atoms with Crippen LogP contribution in [0.1, 0.15) is 11.1 Å². The highest BCUT2D eigenvalue weighted by Gasteiger charge is 2.60. The third-order valence-corrected chi connectivity index (χ3v) is 5.60. The van der Waals surface area contributed by atoms with E-state index in [2.05, 4.69) is 4.74 Å². The number of hydrogen-bond donors (Lipinski definition) is 0. The van der Waals surface area contributed by atoms with Crippen LogP contribution in [0.3, 0.4) is 0 Å². The molecule has 0 aromatic heterocycles. The molecule has 0 bridgehead atoms. The molecule has 1 aromatic carbocycles. The number of ether oxygens (including phenoxy) is 2. The van der Waals surface area contributed by atoms with Crippen LogP contribution in [0.25, 0.3) is 0 Å². The molecule has 1 aromatic rings. The molecular weight excluding hydrogens is 501 g/mol. The molecule has 0 N–H and O–H groups in total. The van der Waals surface area contributed by atoms with E-state index in [0.29, 0.717) is 37.6 Å². The fraction of sp³-hybridized carbons (Fsp3) is 0.650. The number of carbonyl (C=O) groups excluding carboxylic acids is 1. The Morgan fingerprint density at radius 3 is 1.97 bits per heavy atom. The average Bonchev–Trinajstić information content (AvgIpc) is 2.76. The van der Waals surface area contributed by atoms with E-state index in [9.17, 15) is 44.3 Å². The molecule has 2 saturated heterocycles. The summed E-state index contributed by atoms with van der Waals surface area (Å²) >= 11 is 0. The van der Waals surface area contributed by atoms with Crippen molar-refractivity contribution in [2.24, 2.45) is 0 Å². The minimum Gasteiger partial charge on any atom is -0.426 e. The van der Waals surface area contributed by atoms with E-state index in [4.69, 9.17) is 4.74 Å². The molecule has 0 saturated carbocycles. The SMILES string of the molecule is O=C(OC(C(F)(F)F)C(F)(F)F)N1CCN(Cc2ccc(C(F)(F)F)cc2N2CCOCC2)CC1. The highest BCUT2D eigenvalue weighted by atomic mass is 19.4. The van der Waals surface area contributed by atoms with E-state index in [-0.39, 0.29) is 32.7 Å². The van der Waals surface area contributed by atoms with E-state index in [1.807, 2.05) is 0 Å². The molecule has 15 heteroatoms. The summed E-state index contributed by atoms with van der Waals surface area (Å²) < 4.78 is 124. The monoisotopic (exact) mass is 523 g/mol. The molecule has 2 fully saturated rings. The van der Waals surface area contributed by atoms with Crippen molar-refractivity contribution in [3.05, 3.63) is 29.3 Å². The summed E-state index contributed by atoms with van der Waals surface area (Å²) in [6.45, 7) is 1.33. The van der Waals surface area contributed by atoms with Crippen LogP contribution in [0.15, 0.2) is 18.2 Å². The maximum absolute atomic E-state index is 13.2. The van der Waals surface area contributed by atoms with Crippen molar-refractivity contribution in [2.45, 2.75) is 31.2 Å². The molecule has 2 heterocycles. The number of anilines is 1. The van der Waals surface area contributed by atoms with Crippen LogP contribution in [0, 0.1) is 0 Å². The highest BCUT2D eigenvalue weighted by Crippen LogP contribution is 2.37. The summed E-state index contributed by atoms with van der Waals surface area (Å²) in [5.74, 6) is 0. The lowest BCUT2D eigenvalue weighted by Gasteiger charge is -2.36. The summed E-state index contributed by atoms with van der Waals surface area (Å²) in [6, 6.07) is 3.33. The van der Waals surface area contributed by atoms with Crippen LogP contribution in [0.2, 0.25) is 0 Å². The van der Waals surface area contributed by atoms with Gasteiger partial charge in [-0.2, -0.15) is 39.5 Å². The number of alkyl halides is 9. The molecule has 6 nitrogen and oxygen atoms in total. The molecule has 2 aliphatic rings. The first kappa shape index (κ1) is 27.2. The number of rotatable bonds is 4. The van der Waals surface area contributed by atoms with Gasteiger partial charge in [0.05, 0.1) is 18.8 Å². The Bertz CT molecular complexity index is 861. The number of amides is 1. The van der Waals surface area contributed by atoms with Gasteiger partial charge in [0.1, 0.15) is 0 Å². The Morgan fingerprint density at radius 1 is 0.886 bits per heavy atom. The van der Waals surface area contributed by atoms with E-state index in [1.54, 1.807) is 9.80 Å². The zero-order chi connectivity index (χ0) is 26.0. The van der Waals surface area contributed by atoms with E-state index in [0.717, 1.165) is 17.0 Å². The summed E-state index contributed by atoms with van der Waals surface area (Å²) in [7, 11) is 0. The quantitative estimate of drug-likeness (QED) is 0.552. The molecule has 1 amide bonds.